The molecule has 0 aliphatic heterocycles. The van der Waals surface area contributed by atoms with E-state index in [-0.39, 0.29) is 0 Å². The van der Waals surface area contributed by atoms with Crippen LogP contribution in [0, 0.1) is 0 Å². The predicted molar refractivity (Wildman–Crippen MR) is 95.4 cm³/mol. The van der Waals surface area contributed by atoms with E-state index in [0.717, 1.165) is 19.3 Å². The lowest BCUT2D eigenvalue weighted by molar-refractivity contribution is 0.0734. The van der Waals surface area contributed by atoms with Gasteiger partial charge in [-0.15, -0.1) is 0 Å². The molecular weight excluding hydrogens is 336 g/mol. The molecule has 6 heteroatoms. The molecule has 0 bridgehead atoms. The van der Waals surface area contributed by atoms with Crippen LogP contribution in [0.1, 0.15) is 29.6 Å². The number of benzene rings is 2. The number of rotatable bonds is 11. The molecule has 0 amide bonds. The van der Waals surface area contributed by atoms with Crippen molar-refractivity contribution in [3.05, 3.63) is 54.1 Å². The average molecular weight is 357 g/mol. The number of carbonyl (C=O) groups is 1. The molecule has 0 aliphatic rings. The van der Waals surface area contributed by atoms with Crippen molar-refractivity contribution in [2.75, 3.05) is 20.3 Å². The van der Waals surface area contributed by atoms with E-state index in [9.17, 15) is 9.59 Å². The molecule has 0 unspecified atom stereocenters. The molecule has 1 radical (unpaired) electrons. The lowest BCUT2D eigenvalue weighted by Crippen LogP contribution is -2.09. The molecule has 2 aromatic rings. The lowest BCUT2D eigenvalue weighted by atomic mass is 10.2. The normalized spacial score (nSPS) is 10.0. The molecule has 0 aromatic heterocycles. The summed E-state index contributed by atoms with van der Waals surface area (Å²) in [4.78, 5) is 22.1. The van der Waals surface area contributed by atoms with Gasteiger partial charge in [0, 0.05) is 0 Å². The van der Waals surface area contributed by atoms with Crippen molar-refractivity contribution in [1.82, 2.24) is 0 Å². The van der Waals surface area contributed by atoms with E-state index in [2.05, 4.69) is 4.74 Å². The molecule has 137 valence electrons. The standard InChI is InChI=1S/C20H21O6/c1-23-17-8-10-18(11-9-17)26-20(22)16-6-5-7-19(14-16)25-13-4-2-3-12-24-15-21/h5-11,14H,2-4,12-13H2,1H3. The molecule has 0 aliphatic carbocycles. The second-order valence-corrected chi connectivity index (χ2v) is 5.43. The molecule has 0 saturated heterocycles. The van der Waals surface area contributed by atoms with Crippen molar-refractivity contribution < 1.29 is 28.5 Å². The van der Waals surface area contributed by atoms with Crippen molar-refractivity contribution in [3.8, 4) is 17.2 Å². The largest absolute Gasteiger partial charge is 0.497 e. The van der Waals surface area contributed by atoms with Crippen molar-refractivity contribution in [3.63, 3.8) is 0 Å². The van der Waals surface area contributed by atoms with Gasteiger partial charge >= 0.3 is 12.4 Å². The number of hydrogen-bond donors (Lipinski definition) is 0. The van der Waals surface area contributed by atoms with E-state index in [1.165, 1.54) is 6.47 Å². The number of esters is 1. The van der Waals surface area contributed by atoms with E-state index in [1.54, 1.807) is 55.6 Å². The minimum absolute atomic E-state index is 0.371. The number of carbonyl (C=O) groups excluding carboxylic acids is 2. The first kappa shape index (κ1) is 19.3. The summed E-state index contributed by atoms with van der Waals surface area (Å²) < 4.78 is 20.5. The lowest BCUT2D eigenvalue weighted by Gasteiger charge is -2.08. The van der Waals surface area contributed by atoms with Gasteiger partial charge < -0.3 is 18.9 Å². The molecule has 2 aromatic carbocycles. The molecule has 0 atom stereocenters. The van der Waals surface area contributed by atoms with Crippen LogP contribution in [0.3, 0.4) is 0 Å². The second kappa shape index (κ2) is 10.8. The van der Waals surface area contributed by atoms with Gasteiger partial charge in [0.1, 0.15) is 17.2 Å². The van der Waals surface area contributed by atoms with E-state index >= 15 is 0 Å². The van der Waals surface area contributed by atoms with Gasteiger partial charge in [-0.25, -0.2) is 9.59 Å². The molecule has 0 N–H and O–H groups in total. The van der Waals surface area contributed by atoms with Crippen LogP contribution in [0.15, 0.2) is 48.5 Å². The number of hydrogen-bond acceptors (Lipinski definition) is 6. The van der Waals surface area contributed by atoms with Crippen LogP contribution in [0.25, 0.3) is 0 Å². The summed E-state index contributed by atoms with van der Waals surface area (Å²) in [6, 6.07) is 13.6. The summed E-state index contributed by atoms with van der Waals surface area (Å²) >= 11 is 0. The van der Waals surface area contributed by atoms with Crippen LogP contribution in [0.5, 0.6) is 17.2 Å². The molecule has 0 heterocycles. The van der Waals surface area contributed by atoms with Gasteiger partial charge in [-0.1, -0.05) is 6.07 Å². The monoisotopic (exact) mass is 357 g/mol. The van der Waals surface area contributed by atoms with Crippen LogP contribution in [-0.4, -0.2) is 32.8 Å². The fraction of sp³-hybridized carbons (Fsp3) is 0.300. The Morgan fingerprint density at radius 3 is 2.38 bits per heavy atom. The highest BCUT2D eigenvalue weighted by atomic mass is 16.5. The van der Waals surface area contributed by atoms with Crippen LogP contribution in [0.4, 0.5) is 0 Å². The Kier molecular flexibility index (Phi) is 7.99. The highest BCUT2D eigenvalue weighted by Crippen LogP contribution is 2.20. The Labute approximate surface area is 152 Å². The summed E-state index contributed by atoms with van der Waals surface area (Å²) in [6.07, 6.45) is 2.47. The summed E-state index contributed by atoms with van der Waals surface area (Å²) in [5.41, 5.74) is 0.410. The molecular formula is C20H21O6. The molecule has 0 saturated carbocycles. The fourth-order valence-corrected chi connectivity index (χ4v) is 2.21. The van der Waals surface area contributed by atoms with Crippen molar-refractivity contribution >= 4 is 12.4 Å². The smallest absolute Gasteiger partial charge is 0.417 e. The second-order valence-electron chi connectivity index (χ2n) is 5.43. The van der Waals surface area contributed by atoms with Gasteiger partial charge in [-0.05, 0) is 61.7 Å². The Balaban J connectivity index is 1.81. The van der Waals surface area contributed by atoms with Crippen LogP contribution < -0.4 is 14.2 Å². The van der Waals surface area contributed by atoms with Gasteiger partial charge in [0.25, 0.3) is 0 Å². The quantitative estimate of drug-likeness (QED) is 0.348. The maximum absolute atomic E-state index is 12.2. The van der Waals surface area contributed by atoms with Gasteiger partial charge in [0.2, 0.25) is 0 Å². The molecule has 26 heavy (non-hydrogen) atoms. The van der Waals surface area contributed by atoms with E-state index in [0.29, 0.717) is 36.0 Å². The summed E-state index contributed by atoms with van der Waals surface area (Å²) in [5, 5.41) is 0. The van der Waals surface area contributed by atoms with Crippen molar-refractivity contribution in [2.45, 2.75) is 19.3 Å². The first-order chi connectivity index (χ1) is 12.7. The topological polar surface area (TPSA) is 71.1 Å². The Morgan fingerprint density at radius 1 is 0.923 bits per heavy atom. The van der Waals surface area contributed by atoms with Crippen molar-refractivity contribution in [2.24, 2.45) is 0 Å². The van der Waals surface area contributed by atoms with Crippen molar-refractivity contribution in [1.29, 1.82) is 0 Å². The summed E-state index contributed by atoms with van der Waals surface area (Å²) in [6.45, 7) is 2.28. The minimum atomic E-state index is -0.456. The highest BCUT2D eigenvalue weighted by Gasteiger charge is 2.10. The van der Waals surface area contributed by atoms with E-state index in [1.807, 2.05) is 0 Å². The molecule has 2 rings (SSSR count). The van der Waals surface area contributed by atoms with Gasteiger partial charge in [0.05, 0.1) is 25.9 Å². The SMILES string of the molecule is COc1ccc(OC(=O)c2cccc(OCCCCCO[C]=O)c2)cc1. The van der Waals surface area contributed by atoms with E-state index < -0.39 is 5.97 Å². The van der Waals surface area contributed by atoms with Crippen LogP contribution in [-0.2, 0) is 9.53 Å². The Hall–Kier alpha value is -3.02. The third-order valence-electron chi connectivity index (χ3n) is 3.56. The Bertz CT molecular complexity index is 696. The van der Waals surface area contributed by atoms with Crippen LogP contribution >= 0.6 is 0 Å². The number of methoxy groups -OCH3 is 1. The third kappa shape index (κ3) is 6.47. The predicted octanol–water partition coefficient (Wildman–Crippen LogP) is 3.55. The highest BCUT2D eigenvalue weighted by molar-refractivity contribution is 5.91. The zero-order valence-electron chi connectivity index (χ0n) is 14.6. The number of ether oxygens (including phenoxy) is 4. The van der Waals surface area contributed by atoms with Crippen LogP contribution in [0.2, 0.25) is 0 Å². The molecule has 6 nitrogen and oxygen atoms in total. The summed E-state index contributed by atoms with van der Waals surface area (Å²) in [5.74, 6) is 1.28. The molecule has 0 spiro atoms. The minimum Gasteiger partial charge on any atom is -0.497 e. The fourth-order valence-electron chi connectivity index (χ4n) is 2.21. The zero-order valence-corrected chi connectivity index (χ0v) is 14.6. The van der Waals surface area contributed by atoms with Gasteiger partial charge in [0.15, 0.2) is 0 Å². The zero-order chi connectivity index (χ0) is 18.6. The first-order valence-electron chi connectivity index (χ1n) is 8.31. The molecule has 0 fully saturated rings. The average Bonchev–Trinajstić information content (AvgIpc) is 2.68. The maximum Gasteiger partial charge on any atom is 0.417 e. The number of unbranched alkanes of at least 4 members (excludes halogenated alkanes) is 2. The first-order valence-corrected chi connectivity index (χ1v) is 8.31. The maximum atomic E-state index is 12.2. The Morgan fingerprint density at radius 2 is 1.65 bits per heavy atom. The van der Waals surface area contributed by atoms with Gasteiger partial charge in [-0.2, -0.15) is 0 Å². The summed E-state index contributed by atoms with van der Waals surface area (Å²) in [7, 11) is 1.57. The van der Waals surface area contributed by atoms with E-state index in [4.69, 9.17) is 14.2 Å². The van der Waals surface area contributed by atoms with Gasteiger partial charge in [-0.3, -0.25) is 0 Å². The third-order valence-corrected chi connectivity index (χ3v) is 3.56.